The Hall–Kier alpha value is -1.98. The van der Waals surface area contributed by atoms with Gasteiger partial charge in [-0.05, 0) is 30.3 Å². The number of nitrogens with zero attached hydrogens (tertiary/aromatic N) is 3. The zero-order valence-electron chi connectivity index (χ0n) is 11.7. The summed E-state index contributed by atoms with van der Waals surface area (Å²) >= 11 is 7.52. The van der Waals surface area contributed by atoms with E-state index in [4.69, 9.17) is 16.3 Å². The second kappa shape index (κ2) is 7.33. The van der Waals surface area contributed by atoms with Crippen LogP contribution in [0.1, 0.15) is 0 Å². The lowest BCUT2D eigenvalue weighted by atomic mass is 10.3. The van der Waals surface area contributed by atoms with Gasteiger partial charge in [-0.3, -0.25) is 4.57 Å². The molecule has 6 heteroatoms. The Labute approximate surface area is 138 Å². The number of para-hydroxylation sites is 1. The third-order valence-corrected chi connectivity index (χ3v) is 4.07. The molecule has 0 saturated heterocycles. The molecule has 4 nitrogen and oxygen atoms in total. The molecule has 0 unspecified atom stereocenters. The molecule has 1 aromatic heterocycles. The van der Waals surface area contributed by atoms with Crippen molar-refractivity contribution in [2.24, 2.45) is 0 Å². The number of benzene rings is 2. The van der Waals surface area contributed by atoms with Crippen molar-refractivity contribution in [2.45, 2.75) is 5.16 Å². The van der Waals surface area contributed by atoms with E-state index in [9.17, 15) is 0 Å². The van der Waals surface area contributed by atoms with Gasteiger partial charge >= 0.3 is 0 Å². The number of thioether (sulfide) groups is 1. The van der Waals surface area contributed by atoms with E-state index < -0.39 is 0 Å². The van der Waals surface area contributed by atoms with Crippen molar-refractivity contribution in [1.29, 1.82) is 0 Å². The van der Waals surface area contributed by atoms with Crippen LogP contribution in [0.25, 0.3) is 5.69 Å². The Bertz CT molecular complexity index is 733. The summed E-state index contributed by atoms with van der Waals surface area (Å²) in [6.07, 6.45) is 1.72. The summed E-state index contributed by atoms with van der Waals surface area (Å²) in [5, 5.41) is 9.65. The molecule has 1 heterocycles. The standard InChI is InChI=1S/C16H14ClN3OS/c17-13-5-4-8-15(11-13)21-9-10-22-16-19-18-12-20(16)14-6-2-1-3-7-14/h1-8,11-12H,9-10H2. The van der Waals surface area contributed by atoms with Gasteiger partial charge in [0.15, 0.2) is 5.16 Å². The second-order valence-electron chi connectivity index (χ2n) is 4.47. The van der Waals surface area contributed by atoms with Gasteiger partial charge in [0, 0.05) is 16.5 Å². The molecule has 0 bridgehead atoms. The topological polar surface area (TPSA) is 39.9 Å². The molecule has 22 heavy (non-hydrogen) atoms. The lowest BCUT2D eigenvalue weighted by Gasteiger charge is -2.07. The van der Waals surface area contributed by atoms with Crippen LogP contribution in [-0.2, 0) is 0 Å². The third-order valence-electron chi connectivity index (χ3n) is 2.93. The van der Waals surface area contributed by atoms with Gasteiger partial charge in [-0.25, -0.2) is 0 Å². The van der Waals surface area contributed by atoms with E-state index in [1.54, 1.807) is 24.2 Å². The normalized spacial score (nSPS) is 10.6. The highest BCUT2D eigenvalue weighted by Gasteiger charge is 2.06. The molecular weight excluding hydrogens is 318 g/mol. The van der Waals surface area contributed by atoms with Crippen LogP contribution >= 0.6 is 23.4 Å². The van der Waals surface area contributed by atoms with Crippen LogP contribution in [0, 0.1) is 0 Å². The maximum Gasteiger partial charge on any atom is 0.195 e. The largest absolute Gasteiger partial charge is 0.493 e. The maximum absolute atomic E-state index is 5.92. The molecule has 0 radical (unpaired) electrons. The fraction of sp³-hybridized carbons (Fsp3) is 0.125. The lowest BCUT2D eigenvalue weighted by Crippen LogP contribution is -2.02. The minimum atomic E-state index is 0.576. The van der Waals surface area contributed by atoms with Crippen molar-refractivity contribution >= 4 is 23.4 Å². The minimum absolute atomic E-state index is 0.576. The molecule has 0 aliphatic heterocycles. The molecule has 0 aliphatic carbocycles. The summed E-state index contributed by atoms with van der Waals surface area (Å²) < 4.78 is 7.63. The minimum Gasteiger partial charge on any atom is -0.493 e. The Morgan fingerprint density at radius 2 is 1.95 bits per heavy atom. The summed E-state index contributed by atoms with van der Waals surface area (Å²) in [5.41, 5.74) is 1.05. The zero-order chi connectivity index (χ0) is 15.2. The van der Waals surface area contributed by atoms with Crippen LogP contribution in [0.15, 0.2) is 66.1 Å². The van der Waals surface area contributed by atoms with Crippen molar-refractivity contribution < 1.29 is 4.74 Å². The molecule has 0 spiro atoms. The fourth-order valence-corrected chi connectivity index (χ4v) is 2.86. The monoisotopic (exact) mass is 331 g/mol. The SMILES string of the molecule is Clc1cccc(OCCSc2nncn2-c2ccccc2)c1. The Morgan fingerprint density at radius 1 is 1.09 bits per heavy atom. The average molecular weight is 332 g/mol. The molecule has 3 aromatic rings. The number of hydrogen-bond acceptors (Lipinski definition) is 4. The van der Waals surface area contributed by atoms with Gasteiger partial charge < -0.3 is 4.74 Å². The summed E-state index contributed by atoms with van der Waals surface area (Å²) in [4.78, 5) is 0. The third kappa shape index (κ3) is 3.81. The Kier molecular flexibility index (Phi) is 4.98. The van der Waals surface area contributed by atoms with E-state index >= 15 is 0 Å². The molecular formula is C16H14ClN3OS. The van der Waals surface area contributed by atoms with Gasteiger partial charge in [-0.15, -0.1) is 10.2 Å². The highest BCUT2D eigenvalue weighted by Crippen LogP contribution is 2.20. The molecule has 0 fully saturated rings. The Balaban J connectivity index is 1.56. The van der Waals surface area contributed by atoms with Crippen molar-refractivity contribution in [3.63, 3.8) is 0 Å². The van der Waals surface area contributed by atoms with Crippen LogP contribution in [0.2, 0.25) is 5.02 Å². The summed E-state index contributed by atoms with van der Waals surface area (Å²) in [7, 11) is 0. The summed E-state index contributed by atoms with van der Waals surface area (Å²) in [6, 6.07) is 17.4. The van der Waals surface area contributed by atoms with Gasteiger partial charge in [-0.2, -0.15) is 0 Å². The van der Waals surface area contributed by atoms with Crippen LogP contribution < -0.4 is 4.74 Å². The zero-order valence-corrected chi connectivity index (χ0v) is 13.3. The molecule has 112 valence electrons. The quantitative estimate of drug-likeness (QED) is 0.504. The van der Waals surface area contributed by atoms with E-state index in [1.807, 2.05) is 53.1 Å². The van der Waals surface area contributed by atoms with Crippen LogP contribution in [0.4, 0.5) is 0 Å². The van der Waals surface area contributed by atoms with Gasteiger partial charge in [0.2, 0.25) is 0 Å². The van der Waals surface area contributed by atoms with Gasteiger partial charge in [0.05, 0.1) is 6.61 Å². The molecule has 3 rings (SSSR count). The van der Waals surface area contributed by atoms with Crippen molar-refractivity contribution in [2.75, 3.05) is 12.4 Å². The van der Waals surface area contributed by atoms with Gasteiger partial charge in [-0.1, -0.05) is 47.6 Å². The first-order valence-electron chi connectivity index (χ1n) is 6.79. The predicted octanol–water partition coefficient (Wildman–Crippen LogP) is 4.09. The Morgan fingerprint density at radius 3 is 2.77 bits per heavy atom. The fourth-order valence-electron chi connectivity index (χ4n) is 1.94. The van der Waals surface area contributed by atoms with E-state index in [0.29, 0.717) is 11.6 Å². The van der Waals surface area contributed by atoms with Crippen LogP contribution in [0.3, 0.4) is 0 Å². The van der Waals surface area contributed by atoms with E-state index in [-0.39, 0.29) is 0 Å². The first kappa shape index (κ1) is 14.9. The van der Waals surface area contributed by atoms with Gasteiger partial charge in [0.1, 0.15) is 12.1 Å². The van der Waals surface area contributed by atoms with Crippen molar-refractivity contribution in [1.82, 2.24) is 14.8 Å². The second-order valence-corrected chi connectivity index (χ2v) is 5.97. The maximum atomic E-state index is 5.92. The average Bonchev–Trinajstić information content (AvgIpc) is 3.01. The van der Waals surface area contributed by atoms with Crippen molar-refractivity contribution in [3.05, 3.63) is 65.9 Å². The van der Waals surface area contributed by atoms with E-state index in [0.717, 1.165) is 22.3 Å². The highest BCUT2D eigenvalue weighted by atomic mass is 35.5. The number of hydrogen-bond donors (Lipinski definition) is 0. The van der Waals surface area contributed by atoms with E-state index in [1.165, 1.54) is 0 Å². The van der Waals surface area contributed by atoms with Gasteiger partial charge in [0.25, 0.3) is 0 Å². The first-order valence-corrected chi connectivity index (χ1v) is 8.16. The highest BCUT2D eigenvalue weighted by molar-refractivity contribution is 7.99. The molecule has 0 amide bonds. The summed E-state index contributed by atoms with van der Waals surface area (Å²) in [6.45, 7) is 0.576. The van der Waals surface area contributed by atoms with Crippen LogP contribution in [0.5, 0.6) is 5.75 Å². The smallest absolute Gasteiger partial charge is 0.195 e. The number of rotatable bonds is 6. The summed E-state index contributed by atoms with van der Waals surface area (Å²) in [5.74, 6) is 1.55. The molecule has 0 saturated carbocycles. The number of ether oxygens (including phenoxy) is 1. The molecule has 0 atom stereocenters. The predicted molar refractivity (Wildman–Crippen MR) is 89.0 cm³/mol. The first-order chi connectivity index (χ1) is 10.8. The lowest BCUT2D eigenvalue weighted by molar-refractivity contribution is 0.344. The van der Waals surface area contributed by atoms with Crippen LogP contribution in [-0.4, -0.2) is 27.1 Å². The molecule has 0 N–H and O–H groups in total. The molecule has 2 aromatic carbocycles. The van der Waals surface area contributed by atoms with E-state index in [2.05, 4.69) is 10.2 Å². The number of aromatic nitrogens is 3. The number of halogens is 1. The van der Waals surface area contributed by atoms with Crippen molar-refractivity contribution in [3.8, 4) is 11.4 Å². The molecule has 0 aliphatic rings.